The molecule has 4 rings (SSSR count). The summed E-state index contributed by atoms with van der Waals surface area (Å²) in [5, 5.41) is 10.5. The molecule has 2 bridgehead atoms. The molecule has 1 unspecified atom stereocenters. The van der Waals surface area contributed by atoms with Crippen molar-refractivity contribution in [3.63, 3.8) is 0 Å². The second-order valence-corrected chi connectivity index (χ2v) is 8.90. The van der Waals surface area contributed by atoms with Crippen LogP contribution in [0.25, 0.3) is 0 Å². The zero-order valence-corrected chi connectivity index (χ0v) is 16.7. The molecule has 144 valence electrons. The van der Waals surface area contributed by atoms with Crippen molar-refractivity contribution in [2.24, 2.45) is 5.41 Å². The van der Waals surface area contributed by atoms with E-state index in [1.807, 2.05) is 18.2 Å². The zero-order chi connectivity index (χ0) is 19.1. The number of hydrogen-bond donors (Lipinski definition) is 1. The minimum Gasteiger partial charge on any atom is -0.508 e. The lowest BCUT2D eigenvalue weighted by Crippen LogP contribution is -2.64. The second kappa shape index (κ2) is 6.96. The molecule has 1 fully saturated rings. The number of fused-ring (bicyclic) bond motifs is 4. The van der Waals surface area contributed by atoms with Gasteiger partial charge in [0.05, 0.1) is 13.2 Å². The first-order valence-corrected chi connectivity index (χ1v) is 10.1. The number of ether oxygens (including phenoxy) is 1. The Labute approximate surface area is 163 Å². The quantitative estimate of drug-likeness (QED) is 0.791. The van der Waals surface area contributed by atoms with Gasteiger partial charge in [-0.15, -0.1) is 0 Å². The molecule has 3 heteroatoms. The first-order chi connectivity index (χ1) is 12.9. The van der Waals surface area contributed by atoms with Crippen molar-refractivity contribution in [2.45, 2.75) is 51.7 Å². The van der Waals surface area contributed by atoms with E-state index in [9.17, 15) is 5.11 Å². The molecule has 2 aromatic rings. The highest BCUT2D eigenvalue weighted by molar-refractivity contribution is 5.48. The van der Waals surface area contributed by atoms with E-state index >= 15 is 0 Å². The van der Waals surface area contributed by atoms with E-state index in [2.05, 4.69) is 56.0 Å². The average molecular weight is 366 g/mol. The summed E-state index contributed by atoms with van der Waals surface area (Å²) in [4.78, 5) is 2.59. The molecule has 1 heterocycles. The normalized spacial score (nSPS) is 26.6. The van der Waals surface area contributed by atoms with Gasteiger partial charge >= 0.3 is 0 Å². The van der Waals surface area contributed by atoms with E-state index in [0.29, 0.717) is 18.4 Å². The third-order valence-corrected chi connectivity index (χ3v) is 7.37. The maximum absolute atomic E-state index is 10.5. The van der Waals surface area contributed by atoms with E-state index in [1.165, 1.54) is 11.1 Å². The third kappa shape index (κ3) is 3.07. The monoisotopic (exact) mass is 365 g/mol. The molecule has 2 aromatic carbocycles. The number of nitrogens with zero attached hydrogens (tertiary/aromatic N) is 1. The molecule has 1 N–H and O–H groups in total. The largest absolute Gasteiger partial charge is 0.508 e. The average Bonchev–Trinajstić information content (AvgIpc) is 2.65. The van der Waals surface area contributed by atoms with Gasteiger partial charge in [-0.1, -0.05) is 63.2 Å². The van der Waals surface area contributed by atoms with E-state index in [1.54, 1.807) is 0 Å². The Kier molecular flexibility index (Phi) is 4.77. The van der Waals surface area contributed by atoms with Crippen molar-refractivity contribution in [2.75, 3.05) is 19.7 Å². The number of phenols is 1. The Morgan fingerprint density at radius 1 is 1.07 bits per heavy atom. The van der Waals surface area contributed by atoms with Gasteiger partial charge < -0.3 is 9.84 Å². The first-order valence-electron chi connectivity index (χ1n) is 10.1. The van der Waals surface area contributed by atoms with Crippen LogP contribution >= 0.6 is 0 Å². The molecule has 2 atom stereocenters. The summed E-state index contributed by atoms with van der Waals surface area (Å²) in [7, 11) is 0. The number of benzene rings is 2. The molecular formula is C24H31NO2. The third-order valence-electron chi connectivity index (χ3n) is 7.37. The number of rotatable bonds is 5. The molecule has 0 saturated carbocycles. The summed E-state index contributed by atoms with van der Waals surface area (Å²) < 4.78 is 5.96. The summed E-state index contributed by atoms with van der Waals surface area (Å²) in [6, 6.07) is 16.9. The molecular weight excluding hydrogens is 334 g/mol. The van der Waals surface area contributed by atoms with Gasteiger partial charge in [-0.2, -0.15) is 0 Å². The van der Waals surface area contributed by atoms with Crippen molar-refractivity contribution >= 4 is 0 Å². The minimum absolute atomic E-state index is 0.103. The van der Waals surface area contributed by atoms with Crippen LogP contribution in [0.3, 0.4) is 0 Å². The first kappa shape index (κ1) is 18.5. The SMILES string of the molecule is CC12CCN(CCOCc3ccccc3)[C@H](Cc3c(O)cccc31)C2(C)C. The Bertz CT molecular complexity index is 801. The minimum atomic E-state index is 0.103. The zero-order valence-electron chi connectivity index (χ0n) is 16.7. The van der Waals surface area contributed by atoms with Crippen LogP contribution in [-0.2, 0) is 23.2 Å². The van der Waals surface area contributed by atoms with Crippen LogP contribution in [0, 0.1) is 5.41 Å². The molecule has 0 radical (unpaired) electrons. The van der Waals surface area contributed by atoms with Gasteiger partial charge in [-0.25, -0.2) is 0 Å². The molecule has 3 nitrogen and oxygen atoms in total. The lowest BCUT2D eigenvalue weighted by atomic mass is 9.51. The molecule has 1 aliphatic carbocycles. The molecule has 27 heavy (non-hydrogen) atoms. The lowest BCUT2D eigenvalue weighted by molar-refractivity contribution is -0.0496. The van der Waals surface area contributed by atoms with Gasteiger partial charge in [0, 0.05) is 18.0 Å². The Morgan fingerprint density at radius 2 is 1.85 bits per heavy atom. The van der Waals surface area contributed by atoms with E-state index in [0.717, 1.165) is 38.1 Å². The predicted octanol–water partition coefficient (Wildman–Crippen LogP) is 4.52. The van der Waals surface area contributed by atoms with Crippen molar-refractivity contribution in [1.82, 2.24) is 4.90 Å². The van der Waals surface area contributed by atoms with Gasteiger partial charge in [0.2, 0.25) is 0 Å². The summed E-state index contributed by atoms with van der Waals surface area (Å²) >= 11 is 0. The number of hydrogen-bond acceptors (Lipinski definition) is 3. The Hall–Kier alpha value is -1.84. The fourth-order valence-electron chi connectivity index (χ4n) is 5.25. The number of aromatic hydroxyl groups is 1. The highest BCUT2D eigenvalue weighted by Gasteiger charge is 2.56. The lowest BCUT2D eigenvalue weighted by Gasteiger charge is -2.61. The standard InChI is InChI=1S/C24H31NO2/c1-23(2)22-16-19-20(10-7-11-21(19)26)24(23,3)12-13-25(22)14-15-27-17-18-8-5-4-6-9-18/h4-11,22,26H,12-17H2,1-3H3/t22-,24?/m1/s1. The van der Waals surface area contributed by atoms with Crippen LogP contribution in [0.5, 0.6) is 5.75 Å². The van der Waals surface area contributed by atoms with Crippen LogP contribution in [-0.4, -0.2) is 35.7 Å². The summed E-state index contributed by atoms with van der Waals surface area (Å²) in [5.74, 6) is 0.460. The van der Waals surface area contributed by atoms with Crippen LogP contribution in [0.4, 0.5) is 0 Å². The summed E-state index contributed by atoms with van der Waals surface area (Å²) in [5.41, 5.74) is 3.99. The van der Waals surface area contributed by atoms with Crippen LogP contribution < -0.4 is 0 Å². The van der Waals surface area contributed by atoms with Gasteiger partial charge in [-0.05, 0) is 47.6 Å². The van der Waals surface area contributed by atoms with Gasteiger partial charge in [0.25, 0.3) is 0 Å². The number of phenolic OH excluding ortho intramolecular Hbond substituents is 1. The van der Waals surface area contributed by atoms with Gasteiger partial charge in [-0.3, -0.25) is 4.90 Å². The Morgan fingerprint density at radius 3 is 2.63 bits per heavy atom. The van der Waals surface area contributed by atoms with Crippen molar-refractivity contribution in [3.8, 4) is 5.75 Å². The van der Waals surface area contributed by atoms with E-state index < -0.39 is 0 Å². The maximum atomic E-state index is 10.5. The molecule has 0 amide bonds. The van der Waals surface area contributed by atoms with Crippen LogP contribution in [0.2, 0.25) is 0 Å². The number of piperidine rings is 1. The number of likely N-dealkylation sites (tertiary alicyclic amines) is 1. The van der Waals surface area contributed by atoms with Crippen LogP contribution in [0.15, 0.2) is 48.5 Å². The fourth-order valence-corrected chi connectivity index (χ4v) is 5.25. The highest BCUT2D eigenvalue weighted by Crippen LogP contribution is 2.57. The Balaban J connectivity index is 1.47. The smallest absolute Gasteiger partial charge is 0.119 e. The topological polar surface area (TPSA) is 32.7 Å². The van der Waals surface area contributed by atoms with Gasteiger partial charge in [0.1, 0.15) is 5.75 Å². The molecule has 0 spiro atoms. The van der Waals surface area contributed by atoms with Gasteiger partial charge in [0.15, 0.2) is 0 Å². The molecule has 0 aromatic heterocycles. The van der Waals surface area contributed by atoms with Crippen molar-refractivity contribution in [3.05, 3.63) is 65.2 Å². The van der Waals surface area contributed by atoms with E-state index in [4.69, 9.17) is 4.74 Å². The highest BCUT2D eigenvalue weighted by atomic mass is 16.5. The summed E-state index contributed by atoms with van der Waals surface area (Å²) in [6.45, 7) is 10.6. The summed E-state index contributed by atoms with van der Waals surface area (Å²) in [6.07, 6.45) is 2.04. The second-order valence-electron chi connectivity index (χ2n) is 8.90. The van der Waals surface area contributed by atoms with Crippen molar-refractivity contribution in [1.29, 1.82) is 0 Å². The molecule has 2 aliphatic rings. The van der Waals surface area contributed by atoms with Crippen LogP contribution in [0.1, 0.15) is 43.9 Å². The molecule has 1 aliphatic heterocycles. The van der Waals surface area contributed by atoms with E-state index in [-0.39, 0.29) is 10.8 Å². The fraction of sp³-hybridized carbons (Fsp3) is 0.500. The predicted molar refractivity (Wildman–Crippen MR) is 109 cm³/mol. The maximum Gasteiger partial charge on any atom is 0.119 e. The molecule has 1 saturated heterocycles. The van der Waals surface area contributed by atoms with Crippen molar-refractivity contribution < 1.29 is 9.84 Å².